The summed E-state index contributed by atoms with van der Waals surface area (Å²) in [6.07, 6.45) is 1.16. The Hall–Kier alpha value is -1.59. The Bertz CT molecular complexity index is 549. The summed E-state index contributed by atoms with van der Waals surface area (Å²) in [5, 5.41) is 12.7. The van der Waals surface area contributed by atoms with Crippen LogP contribution < -0.4 is 5.32 Å². The lowest BCUT2D eigenvalue weighted by atomic mass is 9.84. The number of amides is 1. The Morgan fingerprint density at radius 3 is 2.81 bits per heavy atom. The van der Waals surface area contributed by atoms with Gasteiger partial charge in [-0.2, -0.15) is 0 Å². The highest BCUT2D eigenvalue weighted by atomic mass is 35.5. The molecule has 1 heterocycles. The van der Waals surface area contributed by atoms with E-state index in [2.05, 4.69) is 5.32 Å². The van der Waals surface area contributed by atoms with Gasteiger partial charge in [-0.3, -0.25) is 14.5 Å². The van der Waals surface area contributed by atoms with Crippen LogP contribution in [-0.2, 0) is 9.59 Å². The van der Waals surface area contributed by atoms with E-state index < -0.39 is 11.4 Å². The average molecular weight is 311 g/mol. The van der Waals surface area contributed by atoms with Gasteiger partial charge in [0.25, 0.3) is 0 Å². The predicted octanol–water partition coefficient (Wildman–Crippen LogP) is 2.47. The minimum absolute atomic E-state index is 0.158. The molecule has 1 aromatic rings. The Morgan fingerprint density at radius 2 is 2.24 bits per heavy atom. The summed E-state index contributed by atoms with van der Waals surface area (Å²) >= 11 is 5.86. The van der Waals surface area contributed by atoms with Gasteiger partial charge in [0.1, 0.15) is 0 Å². The lowest BCUT2D eigenvalue weighted by Crippen LogP contribution is -2.37. The first-order chi connectivity index (χ1) is 9.95. The molecular weight excluding hydrogens is 292 g/mol. The minimum Gasteiger partial charge on any atom is -0.481 e. The van der Waals surface area contributed by atoms with E-state index in [-0.39, 0.29) is 12.5 Å². The number of nitrogens with zero attached hydrogens (tertiary/aromatic N) is 1. The van der Waals surface area contributed by atoms with Gasteiger partial charge in [-0.05, 0) is 37.6 Å². The monoisotopic (exact) mass is 310 g/mol. The van der Waals surface area contributed by atoms with Crippen LogP contribution in [0.1, 0.15) is 19.8 Å². The average Bonchev–Trinajstić information content (AvgIpc) is 2.83. The number of halogens is 1. The zero-order valence-electron chi connectivity index (χ0n) is 11.9. The van der Waals surface area contributed by atoms with Crippen molar-refractivity contribution in [1.29, 1.82) is 0 Å². The van der Waals surface area contributed by atoms with Gasteiger partial charge < -0.3 is 10.4 Å². The van der Waals surface area contributed by atoms with Gasteiger partial charge in [0, 0.05) is 17.3 Å². The molecule has 0 aliphatic carbocycles. The predicted molar refractivity (Wildman–Crippen MR) is 81.5 cm³/mol. The van der Waals surface area contributed by atoms with Crippen molar-refractivity contribution in [2.24, 2.45) is 5.41 Å². The minimum atomic E-state index is -0.775. The third-order valence-electron chi connectivity index (χ3n) is 4.04. The van der Waals surface area contributed by atoms with Gasteiger partial charge in [-0.15, -0.1) is 0 Å². The second-order valence-corrected chi connectivity index (χ2v) is 5.89. The number of anilines is 1. The molecule has 2 N–H and O–H groups in total. The molecule has 0 spiro atoms. The first-order valence-electron chi connectivity index (χ1n) is 6.96. The Labute approximate surface area is 128 Å². The molecule has 1 atom stereocenters. The van der Waals surface area contributed by atoms with Crippen molar-refractivity contribution in [1.82, 2.24) is 4.90 Å². The van der Waals surface area contributed by atoms with E-state index in [1.54, 1.807) is 24.3 Å². The summed E-state index contributed by atoms with van der Waals surface area (Å²) in [7, 11) is 0. The number of carbonyl (C=O) groups excluding carboxylic acids is 1. The van der Waals surface area contributed by atoms with E-state index >= 15 is 0 Å². The molecule has 21 heavy (non-hydrogen) atoms. The van der Waals surface area contributed by atoms with Crippen LogP contribution in [0.25, 0.3) is 0 Å². The second-order valence-electron chi connectivity index (χ2n) is 5.46. The summed E-state index contributed by atoms with van der Waals surface area (Å²) in [4.78, 5) is 25.3. The molecule has 1 fully saturated rings. The van der Waals surface area contributed by atoms with Crippen molar-refractivity contribution in [3.8, 4) is 0 Å². The zero-order chi connectivity index (χ0) is 15.5. The fourth-order valence-corrected chi connectivity index (χ4v) is 2.87. The number of hydrogen-bond acceptors (Lipinski definition) is 3. The van der Waals surface area contributed by atoms with E-state index in [1.165, 1.54) is 0 Å². The molecule has 0 saturated carbocycles. The van der Waals surface area contributed by atoms with Gasteiger partial charge in [0.2, 0.25) is 5.91 Å². The van der Waals surface area contributed by atoms with Crippen molar-refractivity contribution >= 4 is 29.2 Å². The fraction of sp³-hybridized carbons (Fsp3) is 0.467. The summed E-state index contributed by atoms with van der Waals surface area (Å²) in [5.41, 5.74) is -0.0669. The summed E-state index contributed by atoms with van der Waals surface area (Å²) in [6, 6.07) is 6.94. The molecule has 1 amide bonds. The number of nitrogens with one attached hydrogen (secondary N) is 1. The van der Waals surface area contributed by atoms with Crippen LogP contribution in [0.5, 0.6) is 0 Å². The number of likely N-dealkylation sites (tertiary alicyclic amines) is 1. The van der Waals surface area contributed by atoms with Crippen molar-refractivity contribution in [3.05, 3.63) is 29.3 Å². The number of aliphatic carboxylic acids is 1. The van der Waals surface area contributed by atoms with Crippen LogP contribution in [0.3, 0.4) is 0 Å². The van der Waals surface area contributed by atoms with Crippen LogP contribution in [0, 0.1) is 5.41 Å². The topological polar surface area (TPSA) is 69.6 Å². The summed E-state index contributed by atoms with van der Waals surface area (Å²) in [5.74, 6) is -0.933. The van der Waals surface area contributed by atoms with E-state index in [4.69, 9.17) is 11.6 Å². The quantitative estimate of drug-likeness (QED) is 0.876. The molecule has 1 saturated heterocycles. The van der Waals surface area contributed by atoms with E-state index in [9.17, 15) is 14.7 Å². The Morgan fingerprint density at radius 1 is 1.48 bits per heavy atom. The highest BCUT2D eigenvalue weighted by Gasteiger charge is 2.43. The smallest absolute Gasteiger partial charge is 0.310 e. The third-order valence-corrected chi connectivity index (χ3v) is 4.27. The van der Waals surface area contributed by atoms with Gasteiger partial charge in [-0.1, -0.05) is 24.6 Å². The Balaban J connectivity index is 1.91. The van der Waals surface area contributed by atoms with Gasteiger partial charge in [-0.25, -0.2) is 0 Å². The molecule has 5 nitrogen and oxygen atoms in total. The van der Waals surface area contributed by atoms with E-state index in [0.29, 0.717) is 36.6 Å². The van der Waals surface area contributed by atoms with Crippen molar-refractivity contribution in [3.63, 3.8) is 0 Å². The number of carboxylic acids is 1. The van der Waals surface area contributed by atoms with E-state index in [0.717, 1.165) is 0 Å². The molecular formula is C15H19ClN2O3. The number of carboxylic acid groups (broad SMARTS) is 1. The van der Waals surface area contributed by atoms with Crippen LogP contribution in [-0.4, -0.2) is 41.5 Å². The highest BCUT2D eigenvalue weighted by molar-refractivity contribution is 6.30. The van der Waals surface area contributed by atoms with Crippen LogP contribution >= 0.6 is 11.6 Å². The molecule has 1 aliphatic rings. The number of carbonyl (C=O) groups is 2. The maximum Gasteiger partial charge on any atom is 0.310 e. The third kappa shape index (κ3) is 3.74. The van der Waals surface area contributed by atoms with Crippen molar-refractivity contribution in [2.75, 3.05) is 25.0 Å². The van der Waals surface area contributed by atoms with E-state index in [1.807, 2.05) is 11.8 Å². The van der Waals surface area contributed by atoms with Gasteiger partial charge >= 0.3 is 5.97 Å². The molecule has 2 rings (SSSR count). The molecule has 1 aromatic carbocycles. The standard InChI is InChI=1S/C15H19ClN2O3/c1-2-15(14(20)21)6-7-18(10-15)9-13(19)17-12-5-3-4-11(16)8-12/h3-5,8H,2,6-7,9-10H2,1H3,(H,17,19)(H,20,21). The molecule has 6 heteroatoms. The first kappa shape index (κ1) is 15.8. The molecule has 0 aromatic heterocycles. The lowest BCUT2D eigenvalue weighted by molar-refractivity contribution is -0.148. The van der Waals surface area contributed by atoms with Crippen LogP contribution in [0.2, 0.25) is 5.02 Å². The van der Waals surface area contributed by atoms with Crippen molar-refractivity contribution < 1.29 is 14.7 Å². The molecule has 0 radical (unpaired) electrons. The maximum atomic E-state index is 12.0. The molecule has 0 bridgehead atoms. The molecule has 1 unspecified atom stereocenters. The van der Waals surface area contributed by atoms with Crippen LogP contribution in [0.4, 0.5) is 5.69 Å². The van der Waals surface area contributed by atoms with Crippen molar-refractivity contribution in [2.45, 2.75) is 19.8 Å². The maximum absolute atomic E-state index is 12.0. The SMILES string of the molecule is CCC1(C(=O)O)CCN(CC(=O)Nc2cccc(Cl)c2)C1. The number of hydrogen-bond donors (Lipinski definition) is 2. The van der Waals surface area contributed by atoms with Gasteiger partial charge in [0.05, 0.1) is 12.0 Å². The fourth-order valence-electron chi connectivity index (χ4n) is 2.68. The summed E-state index contributed by atoms with van der Waals surface area (Å²) in [6.45, 7) is 3.12. The Kier molecular flexibility index (Phi) is 4.85. The van der Waals surface area contributed by atoms with Crippen LogP contribution in [0.15, 0.2) is 24.3 Å². The lowest BCUT2D eigenvalue weighted by Gasteiger charge is -2.22. The largest absolute Gasteiger partial charge is 0.481 e. The number of rotatable bonds is 5. The molecule has 114 valence electrons. The highest BCUT2D eigenvalue weighted by Crippen LogP contribution is 2.33. The zero-order valence-corrected chi connectivity index (χ0v) is 12.7. The normalized spacial score (nSPS) is 22.2. The second kappa shape index (κ2) is 6.45. The first-order valence-corrected chi connectivity index (χ1v) is 7.34. The molecule has 1 aliphatic heterocycles. The summed E-state index contributed by atoms with van der Waals surface area (Å²) < 4.78 is 0. The number of benzene rings is 1. The van der Waals surface area contributed by atoms with Gasteiger partial charge in [0.15, 0.2) is 0 Å².